The highest BCUT2D eigenvalue weighted by atomic mass is 32.1. The maximum Gasteiger partial charge on any atom is 0.270 e. The Labute approximate surface area is 140 Å². The molecule has 1 saturated heterocycles. The van der Waals surface area contributed by atoms with Crippen LogP contribution in [0.2, 0.25) is 0 Å². The highest BCUT2D eigenvalue weighted by Crippen LogP contribution is 2.21. The van der Waals surface area contributed by atoms with Gasteiger partial charge in [0.15, 0.2) is 0 Å². The normalized spacial score (nSPS) is 25.7. The number of hydrogen-bond acceptors (Lipinski definition) is 5. The summed E-state index contributed by atoms with van der Waals surface area (Å²) in [6.45, 7) is 1.35. The molecule has 2 aliphatic rings. The third-order valence-corrected chi connectivity index (χ3v) is 5.20. The predicted octanol–water partition coefficient (Wildman–Crippen LogP) is 1.73. The monoisotopic (exact) mass is 337 g/mol. The van der Waals surface area contributed by atoms with Crippen LogP contribution in [-0.2, 0) is 9.53 Å². The Kier molecular flexibility index (Phi) is 5.61. The van der Waals surface area contributed by atoms with E-state index in [9.17, 15) is 9.59 Å². The zero-order valence-electron chi connectivity index (χ0n) is 13.1. The maximum absolute atomic E-state index is 12.3. The minimum absolute atomic E-state index is 0.0775. The molecule has 126 valence electrons. The molecule has 3 rings (SSSR count). The second-order valence-electron chi connectivity index (χ2n) is 6.30. The summed E-state index contributed by atoms with van der Waals surface area (Å²) >= 11 is 1.42. The number of carbonyl (C=O) groups is 2. The van der Waals surface area contributed by atoms with Gasteiger partial charge in [-0.05, 0) is 38.5 Å². The molecule has 7 heteroatoms. The molecule has 0 aromatic carbocycles. The molecule has 6 nitrogen and oxygen atoms in total. The molecule has 2 N–H and O–H groups in total. The number of thiazole rings is 1. The summed E-state index contributed by atoms with van der Waals surface area (Å²) in [4.78, 5) is 28.4. The molecule has 0 radical (unpaired) electrons. The van der Waals surface area contributed by atoms with E-state index < -0.39 is 0 Å². The molecule has 0 bridgehead atoms. The zero-order valence-corrected chi connectivity index (χ0v) is 13.9. The topological polar surface area (TPSA) is 80.3 Å². The van der Waals surface area contributed by atoms with Gasteiger partial charge in [0.25, 0.3) is 5.91 Å². The van der Waals surface area contributed by atoms with Gasteiger partial charge in [0.1, 0.15) is 5.69 Å². The molecule has 23 heavy (non-hydrogen) atoms. The first-order chi connectivity index (χ1) is 11.2. The summed E-state index contributed by atoms with van der Waals surface area (Å²) in [5.41, 5.74) is 2.13. The number of aromatic nitrogens is 1. The molecule has 1 aliphatic carbocycles. The van der Waals surface area contributed by atoms with Crippen LogP contribution in [-0.4, -0.2) is 42.1 Å². The third kappa shape index (κ3) is 4.51. The molecule has 0 spiro atoms. The van der Waals surface area contributed by atoms with Gasteiger partial charge in [0, 0.05) is 36.6 Å². The molecule has 2 atom stereocenters. The first-order valence-corrected chi connectivity index (χ1v) is 9.24. The standard InChI is InChI=1S/C16H23N3O3S/c20-15(11-4-6-22-7-5-11)18-12-2-1-3-13(8-12)19-16(21)14-9-23-10-17-14/h9-13H,1-8H2,(H,18,20)(H,19,21)/t12-,13+/m0/s1. The fraction of sp³-hybridized carbons (Fsp3) is 0.688. The fourth-order valence-electron chi connectivity index (χ4n) is 3.31. The number of ether oxygens (including phenoxy) is 1. The molecular formula is C16H23N3O3S. The van der Waals surface area contributed by atoms with Crippen LogP contribution in [0.25, 0.3) is 0 Å². The fourth-order valence-corrected chi connectivity index (χ4v) is 3.85. The molecule has 0 unspecified atom stereocenters. The Morgan fingerprint density at radius 3 is 2.57 bits per heavy atom. The number of carbonyl (C=O) groups excluding carboxylic acids is 2. The molecule has 1 aromatic rings. The minimum atomic E-state index is -0.118. The van der Waals surface area contributed by atoms with Crippen molar-refractivity contribution < 1.29 is 14.3 Å². The second-order valence-corrected chi connectivity index (χ2v) is 7.02. The Balaban J connectivity index is 1.47. The quantitative estimate of drug-likeness (QED) is 0.877. The Bertz CT molecular complexity index is 529. The van der Waals surface area contributed by atoms with Crippen LogP contribution >= 0.6 is 11.3 Å². The number of amides is 2. The van der Waals surface area contributed by atoms with Gasteiger partial charge >= 0.3 is 0 Å². The van der Waals surface area contributed by atoms with Gasteiger partial charge in [-0.25, -0.2) is 4.98 Å². The predicted molar refractivity (Wildman–Crippen MR) is 87.3 cm³/mol. The molecule has 1 aliphatic heterocycles. The lowest BCUT2D eigenvalue weighted by molar-refractivity contribution is -0.128. The van der Waals surface area contributed by atoms with E-state index in [2.05, 4.69) is 15.6 Å². The minimum Gasteiger partial charge on any atom is -0.381 e. The lowest BCUT2D eigenvalue weighted by Gasteiger charge is -2.31. The van der Waals surface area contributed by atoms with E-state index in [-0.39, 0.29) is 29.8 Å². The number of rotatable bonds is 4. The average molecular weight is 337 g/mol. The molecule has 2 fully saturated rings. The van der Waals surface area contributed by atoms with E-state index in [0.717, 1.165) is 38.5 Å². The second kappa shape index (κ2) is 7.88. The lowest BCUT2D eigenvalue weighted by atomic mass is 9.90. The van der Waals surface area contributed by atoms with E-state index in [1.54, 1.807) is 10.9 Å². The van der Waals surface area contributed by atoms with Gasteiger partial charge in [-0.15, -0.1) is 11.3 Å². The summed E-state index contributed by atoms with van der Waals surface area (Å²) in [5.74, 6) is 0.103. The van der Waals surface area contributed by atoms with Crippen molar-refractivity contribution >= 4 is 23.2 Å². The largest absolute Gasteiger partial charge is 0.381 e. The summed E-state index contributed by atoms with van der Waals surface area (Å²) < 4.78 is 5.30. The van der Waals surface area contributed by atoms with E-state index >= 15 is 0 Å². The van der Waals surface area contributed by atoms with Crippen molar-refractivity contribution in [1.29, 1.82) is 0 Å². The number of hydrogen-bond donors (Lipinski definition) is 2. The van der Waals surface area contributed by atoms with Crippen molar-refractivity contribution in [2.24, 2.45) is 5.92 Å². The third-order valence-electron chi connectivity index (χ3n) is 4.61. The first-order valence-electron chi connectivity index (χ1n) is 8.29. The van der Waals surface area contributed by atoms with E-state index in [1.807, 2.05) is 0 Å². The summed E-state index contributed by atoms with van der Waals surface area (Å²) in [5, 5.41) is 7.96. The Morgan fingerprint density at radius 1 is 1.13 bits per heavy atom. The van der Waals surface area contributed by atoms with Crippen LogP contribution in [0.15, 0.2) is 10.9 Å². The van der Waals surface area contributed by atoms with Crippen molar-refractivity contribution in [3.8, 4) is 0 Å². The zero-order chi connectivity index (χ0) is 16.1. The van der Waals surface area contributed by atoms with Crippen molar-refractivity contribution in [3.05, 3.63) is 16.6 Å². The van der Waals surface area contributed by atoms with Crippen molar-refractivity contribution in [2.75, 3.05) is 13.2 Å². The summed E-state index contributed by atoms with van der Waals surface area (Å²) in [6, 6.07) is 0.262. The first kappa shape index (κ1) is 16.4. The SMILES string of the molecule is O=C(N[C@@H]1CCC[C@H](NC(=O)C2CCOCC2)C1)c1cscn1. The van der Waals surface area contributed by atoms with Crippen molar-refractivity contribution in [1.82, 2.24) is 15.6 Å². The number of nitrogens with one attached hydrogen (secondary N) is 2. The maximum atomic E-state index is 12.3. The van der Waals surface area contributed by atoms with Gasteiger partial charge in [-0.3, -0.25) is 9.59 Å². The molecule has 2 amide bonds. The van der Waals surface area contributed by atoms with Crippen LogP contribution in [0, 0.1) is 5.92 Å². The van der Waals surface area contributed by atoms with Crippen LogP contribution in [0.3, 0.4) is 0 Å². The van der Waals surface area contributed by atoms with E-state index in [4.69, 9.17) is 4.74 Å². The average Bonchev–Trinajstić information content (AvgIpc) is 3.10. The molecular weight excluding hydrogens is 314 g/mol. The Hall–Kier alpha value is -1.47. The van der Waals surface area contributed by atoms with Gasteiger partial charge in [0.2, 0.25) is 5.91 Å². The van der Waals surface area contributed by atoms with Crippen LogP contribution in [0.5, 0.6) is 0 Å². The summed E-state index contributed by atoms with van der Waals surface area (Å²) in [6.07, 6.45) is 5.37. The molecule has 1 aromatic heterocycles. The van der Waals surface area contributed by atoms with E-state index in [1.165, 1.54) is 11.3 Å². The van der Waals surface area contributed by atoms with Crippen molar-refractivity contribution in [2.45, 2.75) is 50.6 Å². The lowest BCUT2D eigenvalue weighted by Crippen LogP contribution is -2.47. The number of nitrogens with zero attached hydrogens (tertiary/aromatic N) is 1. The van der Waals surface area contributed by atoms with Gasteiger partial charge in [-0.2, -0.15) is 0 Å². The van der Waals surface area contributed by atoms with Crippen LogP contribution in [0.4, 0.5) is 0 Å². The van der Waals surface area contributed by atoms with Gasteiger partial charge in [-0.1, -0.05) is 0 Å². The molecule has 1 saturated carbocycles. The Morgan fingerprint density at radius 2 is 1.87 bits per heavy atom. The highest BCUT2D eigenvalue weighted by molar-refractivity contribution is 7.07. The van der Waals surface area contributed by atoms with Gasteiger partial charge in [0.05, 0.1) is 5.51 Å². The smallest absolute Gasteiger partial charge is 0.270 e. The van der Waals surface area contributed by atoms with E-state index in [0.29, 0.717) is 18.9 Å². The van der Waals surface area contributed by atoms with Crippen LogP contribution < -0.4 is 10.6 Å². The summed E-state index contributed by atoms with van der Waals surface area (Å²) in [7, 11) is 0. The van der Waals surface area contributed by atoms with Crippen LogP contribution in [0.1, 0.15) is 49.0 Å². The highest BCUT2D eigenvalue weighted by Gasteiger charge is 2.28. The molecule has 2 heterocycles. The van der Waals surface area contributed by atoms with Crippen molar-refractivity contribution in [3.63, 3.8) is 0 Å². The van der Waals surface area contributed by atoms with Gasteiger partial charge < -0.3 is 15.4 Å².